The van der Waals surface area contributed by atoms with E-state index in [9.17, 15) is 8.42 Å². The fraction of sp³-hybridized carbons (Fsp3) is 0.692. The van der Waals surface area contributed by atoms with Gasteiger partial charge >= 0.3 is 0 Å². The summed E-state index contributed by atoms with van der Waals surface area (Å²) in [6.45, 7) is 5.76. The molecule has 2 heterocycles. The first-order valence-electron chi connectivity index (χ1n) is 6.66. The van der Waals surface area contributed by atoms with Crippen LogP contribution in [0.5, 0.6) is 0 Å². The van der Waals surface area contributed by atoms with E-state index in [1.807, 2.05) is 0 Å². The van der Waals surface area contributed by atoms with Gasteiger partial charge in [-0.25, -0.2) is 8.42 Å². The lowest BCUT2D eigenvalue weighted by atomic mass is 9.89. The quantitative estimate of drug-likeness (QED) is 0.812. The van der Waals surface area contributed by atoms with E-state index in [-0.39, 0.29) is 0 Å². The van der Waals surface area contributed by atoms with Crippen LogP contribution < -0.4 is 0 Å². The molecule has 0 N–H and O–H groups in total. The molecular formula is C13H20BrNO2S2. The van der Waals surface area contributed by atoms with Gasteiger partial charge < -0.3 is 0 Å². The molecule has 0 radical (unpaired) electrons. The second-order valence-electron chi connectivity index (χ2n) is 5.40. The van der Waals surface area contributed by atoms with Gasteiger partial charge in [-0.2, -0.15) is 4.31 Å². The van der Waals surface area contributed by atoms with E-state index < -0.39 is 10.0 Å². The molecule has 1 fully saturated rings. The van der Waals surface area contributed by atoms with Crippen LogP contribution in [-0.4, -0.2) is 25.8 Å². The number of hydrogen-bond donors (Lipinski definition) is 0. The molecule has 1 aromatic rings. The van der Waals surface area contributed by atoms with E-state index >= 15 is 0 Å². The molecule has 2 rings (SSSR count). The average molecular weight is 366 g/mol. The summed E-state index contributed by atoms with van der Waals surface area (Å²) in [4.78, 5) is 0. The Hall–Kier alpha value is 0.0900. The lowest BCUT2D eigenvalue weighted by Gasteiger charge is -2.20. The van der Waals surface area contributed by atoms with Crippen molar-refractivity contribution in [1.82, 2.24) is 4.31 Å². The Kier molecular flexibility index (Phi) is 5.09. The summed E-state index contributed by atoms with van der Waals surface area (Å²) < 4.78 is 28.1. The molecule has 0 amide bonds. The van der Waals surface area contributed by atoms with Crippen LogP contribution in [0, 0.1) is 11.8 Å². The van der Waals surface area contributed by atoms with E-state index in [0.29, 0.717) is 29.1 Å². The zero-order valence-electron chi connectivity index (χ0n) is 11.3. The molecule has 1 aliphatic heterocycles. The van der Waals surface area contributed by atoms with Gasteiger partial charge in [0.15, 0.2) is 0 Å². The largest absolute Gasteiger partial charge is 0.252 e. The highest BCUT2D eigenvalue weighted by Crippen LogP contribution is 2.31. The maximum Gasteiger partial charge on any atom is 0.252 e. The molecule has 0 aliphatic carbocycles. The second kappa shape index (κ2) is 6.24. The van der Waals surface area contributed by atoms with Gasteiger partial charge in [0.25, 0.3) is 10.0 Å². The number of sulfonamides is 1. The van der Waals surface area contributed by atoms with Gasteiger partial charge in [0, 0.05) is 13.1 Å². The first-order valence-corrected chi connectivity index (χ1v) is 9.71. The van der Waals surface area contributed by atoms with Crippen LogP contribution >= 0.6 is 27.3 Å². The highest BCUT2D eigenvalue weighted by atomic mass is 79.9. The summed E-state index contributed by atoms with van der Waals surface area (Å²) in [5, 5.41) is 0. The third kappa shape index (κ3) is 3.60. The van der Waals surface area contributed by atoms with E-state index in [1.54, 1.807) is 16.4 Å². The highest BCUT2D eigenvalue weighted by molar-refractivity contribution is 9.11. The van der Waals surface area contributed by atoms with Crippen molar-refractivity contribution in [1.29, 1.82) is 0 Å². The van der Waals surface area contributed by atoms with E-state index in [0.717, 1.165) is 23.0 Å². The van der Waals surface area contributed by atoms with Crippen molar-refractivity contribution >= 4 is 37.3 Å². The molecule has 1 unspecified atom stereocenters. The average Bonchev–Trinajstić information content (AvgIpc) is 2.65. The van der Waals surface area contributed by atoms with E-state index in [2.05, 4.69) is 29.8 Å². The van der Waals surface area contributed by atoms with Crippen molar-refractivity contribution in [3.05, 3.63) is 15.9 Å². The number of halogens is 1. The fourth-order valence-corrected chi connectivity index (χ4v) is 6.22. The minimum absolute atomic E-state index is 0.447. The molecule has 19 heavy (non-hydrogen) atoms. The third-order valence-electron chi connectivity index (χ3n) is 3.82. The summed E-state index contributed by atoms with van der Waals surface area (Å²) >= 11 is 4.62. The highest BCUT2D eigenvalue weighted by Gasteiger charge is 2.29. The minimum atomic E-state index is -3.29. The lowest BCUT2D eigenvalue weighted by Crippen LogP contribution is -2.31. The Morgan fingerprint density at radius 2 is 2.05 bits per heavy atom. The molecule has 6 heteroatoms. The van der Waals surface area contributed by atoms with Crippen LogP contribution in [0.2, 0.25) is 0 Å². The zero-order valence-corrected chi connectivity index (χ0v) is 14.5. The van der Waals surface area contributed by atoms with Crippen LogP contribution in [0.4, 0.5) is 0 Å². The SMILES string of the molecule is CC(C)C1CCCN(S(=O)(=O)c2ccc(Br)s2)CC1. The Morgan fingerprint density at radius 3 is 2.63 bits per heavy atom. The first kappa shape index (κ1) is 15.5. The maximum atomic E-state index is 12.5. The normalized spacial score (nSPS) is 22.6. The Balaban J connectivity index is 2.14. The number of nitrogens with zero attached hydrogens (tertiary/aromatic N) is 1. The molecule has 0 bridgehead atoms. The Morgan fingerprint density at radius 1 is 1.32 bits per heavy atom. The lowest BCUT2D eigenvalue weighted by molar-refractivity contribution is 0.341. The number of hydrogen-bond acceptors (Lipinski definition) is 3. The van der Waals surface area contributed by atoms with Crippen molar-refractivity contribution in [2.75, 3.05) is 13.1 Å². The summed E-state index contributed by atoms with van der Waals surface area (Å²) in [5.41, 5.74) is 0. The number of thiophene rings is 1. The second-order valence-corrected chi connectivity index (χ2v) is 10.0. The van der Waals surface area contributed by atoms with Gasteiger partial charge in [0.2, 0.25) is 0 Å². The first-order chi connectivity index (χ1) is 8.91. The van der Waals surface area contributed by atoms with Crippen molar-refractivity contribution < 1.29 is 8.42 Å². The molecule has 0 aromatic carbocycles. The maximum absolute atomic E-state index is 12.5. The summed E-state index contributed by atoms with van der Waals surface area (Å²) in [6.07, 6.45) is 3.08. The van der Waals surface area contributed by atoms with Crippen LogP contribution in [0.25, 0.3) is 0 Å². The molecule has 1 aliphatic rings. The van der Waals surface area contributed by atoms with Gasteiger partial charge in [0.05, 0.1) is 3.79 Å². The summed E-state index contributed by atoms with van der Waals surface area (Å²) in [6, 6.07) is 3.49. The fourth-order valence-electron chi connectivity index (χ4n) is 2.57. The van der Waals surface area contributed by atoms with Crippen LogP contribution in [0.1, 0.15) is 33.1 Å². The molecule has 108 valence electrons. The van der Waals surface area contributed by atoms with Crippen LogP contribution in [0.15, 0.2) is 20.1 Å². The molecule has 0 saturated carbocycles. The Bertz CT molecular complexity index is 525. The molecule has 3 nitrogen and oxygen atoms in total. The smallest absolute Gasteiger partial charge is 0.206 e. The Labute approximate surface area is 128 Å². The minimum Gasteiger partial charge on any atom is -0.206 e. The number of rotatable bonds is 3. The zero-order chi connectivity index (χ0) is 14.0. The topological polar surface area (TPSA) is 37.4 Å². The van der Waals surface area contributed by atoms with Crippen molar-refractivity contribution in [3.8, 4) is 0 Å². The van der Waals surface area contributed by atoms with Gasteiger partial charge in [-0.1, -0.05) is 13.8 Å². The van der Waals surface area contributed by atoms with Gasteiger partial charge in [0.1, 0.15) is 4.21 Å². The van der Waals surface area contributed by atoms with Gasteiger partial charge in [-0.15, -0.1) is 11.3 Å². The van der Waals surface area contributed by atoms with Crippen molar-refractivity contribution in [3.63, 3.8) is 0 Å². The monoisotopic (exact) mass is 365 g/mol. The molecule has 1 atom stereocenters. The predicted octanol–water partition coefficient (Wildman–Crippen LogP) is 3.96. The molecule has 1 aromatic heterocycles. The standard InChI is InChI=1S/C13H20BrNO2S2/c1-10(2)11-4-3-8-15(9-7-11)19(16,17)13-6-5-12(14)18-13/h5-6,10-11H,3-4,7-9H2,1-2H3. The van der Waals surface area contributed by atoms with Gasteiger partial charge in [-0.3, -0.25) is 0 Å². The molecular weight excluding hydrogens is 346 g/mol. The van der Waals surface area contributed by atoms with Crippen molar-refractivity contribution in [2.24, 2.45) is 11.8 Å². The molecule has 0 spiro atoms. The predicted molar refractivity (Wildman–Crippen MR) is 83.0 cm³/mol. The van der Waals surface area contributed by atoms with Crippen LogP contribution in [-0.2, 0) is 10.0 Å². The van der Waals surface area contributed by atoms with E-state index in [4.69, 9.17) is 0 Å². The van der Waals surface area contributed by atoms with Crippen LogP contribution in [0.3, 0.4) is 0 Å². The van der Waals surface area contributed by atoms with Gasteiger partial charge in [-0.05, 0) is 59.2 Å². The molecule has 1 saturated heterocycles. The summed E-state index contributed by atoms with van der Waals surface area (Å²) in [5.74, 6) is 1.29. The third-order valence-corrected chi connectivity index (χ3v) is 7.81. The van der Waals surface area contributed by atoms with E-state index in [1.165, 1.54) is 11.3 Å². The summed E-state index contributed by atoms with van der Waals surface area (Å²) in [7, 11) is -3.29. The van der Waals surface area contributed by atoms with Crippen molar-refractivity contribution in [2.45, 2.75) is 37.3 Å².